The number of aromatic nitrogens is 2. The van der Waals surface area contributed by atoms with Crippen molar-refractivity contribution in [1.29, 1.82) is 0 Å². The summed E-state index contributed by atoms with van der Waals surface area (Å²) in [7, 11) is 0. The average Bonchev–Trinajstić information content (AvgIpc) is 2.96. The smallest absolute Gasteiger partial charge is 0.182 e. The Bertz CT molecular complexity index is 671. The fraction of sp³-hybridized carbons (Fsp3) is 0.0769. The summed E-state index contributed by atoms with van der Waals surface area (Å²) in [5.41, 5.74) is 8.11. The molecule has 0 aliphatic carbocycles. The number of nitrogens with two attached hydrogens (primary N) is 1. The normalized spacial score (nSPS) is 10.7. The number of nitrogen functional groups attached to an aromatic ring is 1. The first-order valence-corrected chi connectivity index (χ1v) is 5.48. The molecule has 0 aliphatic rings. The van der Waals surface area contributed by atoms with E-state index in [1.54, 1.807) is 12.5 Å². The minimum absolute atomic E-state index is 0.323. The van der Waals surface area contributed by atoms with Crippen molar-refractivity contribution in [2.24, 2.45) is 0 Å². The predicted molar refractivity (Wildman–Crippen MR) is 66.6 cm³/mol. The van der Waals surface area contributed by atoms with Gasteiger partial charge in [-0.1, -0.05) is 11.2 Å². The van der Waals surface area contributed by atoms with Gasteiger partial charge in [0.05, 0.1) is 23.1 Å². The molecule has 18 heavy (non-hydrogen) atoms. The van der Waals surface area contributed by atoms with Crippen molar-refractivity contribution in [3.63, 3.8) is 0 Å². The lowest BCUT2D eigenvalue weighted by molar-refractivity contribution is 0.434. The predicted octanol–water partition coefficient (Wildman–Crippen LogP) is 2.89. The zero-order chi connectivity index (χ0) is 12.5. The van der Waals surface area contributed by atoms with Crippen LogP contribution in [-0.4, -0.2) is 10.1 Å². The molecule has 0 fully saturated rings. The Morgan fingerprint density at radius 3 is 2.78 bits per heavy atom. The van der Waals surface area contributed by atoms with E-state index < -0.39 is 0 Å². The van der Waals surface area contributed by atoms with Crippen molar-refractivity contribution in [3.8, 4) is 22.6 Å². The topological polar surface area (TPSA) is 78.1 Å². The van der Waals surface area contributed by atoms with Gasteiger partial charge in [-0.25, -0.2) is 0 Å². The first-order valence-electron chi connectivity index (χ1n) is 5.48. The Balaban J connectivity index is 2.22. The van der Waals surface area contributed by atoms with Gasteiger partial charge in [0, 0.05) is 6.20 Å². The van der Waals surface area contributed by atoms with E-state index in [-0.39, 0.29) is 0 Å². The lowest BCUT2D eigenvalue weighted by Crippen LogP contribution is -1.90. The zero-order valence-corrected chi connectivity index (χ0v) is 9.75. The lowest BCUT2D eigenvalue weighted by atomic mass is 10.1. The maximum Gasteiger partial charge on any atom is 0.182 e. The summed E-state index contributed by atoms with van der Waals surface area (Å²) in [5.74, 6) is 1.66. The van der Waals surface area contributed by atoms with E-state index in [4.69, 9.17) is 14.7 Å². The molecule has 0 amide bonds. The van der Waals surface area contributed by atoms with Crippen LogP contribution in [0, 0.1) is 6.92 Å². The second-order valence-corrected chi connectivity index (χ2v) is 3.88. The second-order valence-electron chi connectivity index (χ2n) is 3.88. The summed E-state index contributed by atoms with van der Waals surface area (Å²) >= 11 is 0. The molecule has 3 aromatic heterocycles. The number of rotatable bonds is 2. The fourth-order valence-electron chi connectivity index (χ4n) is 1.86. The van der Waals surface area contributed by atoms with E-state index in [0.717, 1.165) is 17.0 Å². The molecule has 0 radical (unpaired) electrons. The van der Waals surface area contributed by atoms with Gasteiger partial charge in [0.25, 0.3) is 0 Å². The quantitative estimate of drug-likeness (QED) is 0.746. The molecular weight excluding hydrogens is 230 g/mol. The van der Waals surface area contributed by atoms with E-state index in [1.807, 2.05) is 31.2 Å². The molecule has 3 heterocycles. The maximum absolute atomic E-state index is 5.85. The van der Waals surface area contributed by atoms with Crippen LogP contribution >= 0.6 is 0 Å². The zero-order valence-electron chi connectivity index (χ0n) is 9.75. The van der Waals surface area contributed by atoms with Gasteiger partial charge >= 0.3 is 0 Å². The standard InChI is InChI=1S/C13H11N3O2/c1-8-9(5-7-17-8)12-11(13(14)16-18-12)10-4-2-3-6-15-10/h2-7H,1H3,(H2,14,16). The number of nitrogens with zero attached hydrogens (tertiary/aromatic N) is 2. The molecule has 5 nitrogen and oxygen atoms in total. The van der Waals surface area contributed by atoms with E-state index in [1.165, 1.54) is 0 Å². The minimum atomic E-state index is 0.323. The summed E-state index contributed by atoms with van der Waals surface area (Å²) < 4.78 is 10.6. The molecule has 0 atom stereocenters. The molecule has 0 aromatic carbocycles. The van der Waals surface area contributed by atoms with Crippen molar-refractivity contribution < 1.29 is 8.94 Å². The third-order valence-electron chi connectivity index (χ3n) is 2.74. The van der Waals surface area contributed by atoms with Crippen molar-refractivity contribution in [2.75, 3.05) is 5.73 Å². The van der Waals surface area contributed by atoms with Crippen molar-refractivity contribution in [3.05, 3.63) is 42.5 Å². The van der Waals surface area contributed by atoms with Crippen LogP contribution < -0.4 is 5.73 Å². The number of furan rings is 1. The summed E-state index contributed by atoms with van der Waals surface area (Å²) in [6.45, 7) is 1.86. The molecule has 90 valence electrons. The first-order chi connectivity index (χ1) is 8.77. The lowest BCUT2D eigenvalue weighted by Gasteiger charge is -2.00. The maximum atomic E-state index is 5.85. The molecule has 3 rings (SSSR count). The van der Waals surface area contributed by atoms with E-state index in [2.05, 4.69) is 10.1 Å². The van der Waals surface area contributed by atoms with Crippen LogP contribution in [0.4, 0.5) is 5.82 Å². The Morgan fingerprint density at radius 1 is 1.22 bits per heavy atom. The third kappa shape index (κ3) is 1.57. The Kier molecular flexibility index (Phi) is 2.37. The van der Waals surface area contributed by atoms with Crippen molar-refractivity contribution >= 4 is 5.82 Å². The molecule has 0 spiro atoms. The summed E-state index contributed by atoms with van der Waals surface area (Å²) in [4.78, 5) is 4.27. The Morgan fingerprint density at radius 2 is 2.11 bits per heavy atom. The number of aryl methyl sites for hydroxylation is 1. The molecule has 3 aromatic rings. The second kappa shape index (κ2) is 4.03. The molecule has 2 N–H and O–H groups in total. The summed E-state index contributed by atoms with van der Waals surface area (Å²) in [6.07, 6.45) is 3.30. The number of hydrogen-bond acceptors (Lipinski definition) is 5. The minimum Gasteiger partial charge on any atom is -0.469 e. The van der Waals surface area contributed by atoms with Gasteiger partial charge in [-0.2, -0.15) is 0 Å². The van der Waals surface area contributed by atoms with Crippen LogP contribution in [0.1, 0.15) is 5.76 Å². The van der Waals surface area contributed by atoms with Crippen LogP contribution in [-0.2, 0) is 0 Å². The van der Waals surface area contributed by atoms with Crippen LogP contribution in [0.5, 0.6) is 0 Å². The summed E-state index contributed by atoms with van der Waals surface area (Å²) in [6, 6.07) is 7.42. The van der Waals surface area contributed by atoms with Gasteiger partial charge in [-0.15, -0.1) is 0 Å². The molecule has 0 bridgehead atoms. The van der Waals surface area contributed by atoms with Crippen LogP contribution in [0.15, 0.2) is 45.7 Å². The largest absolute Gasteiger partial charge is 0.469 e. The number of hydrogen-bond donors (Lipinski definition) is 1. The first kappa shape index (κ1) is 10.6. The number of pyridine rings is 1. The highest BCUT2D eigenvalue weighted by Gasteiger charge is 2.20. The highest BCUT2D eigenvalue weighted by atomic mass is 16.5. The Hall–Kier alpha value is -2.56. The van der Waals surface area contributed by atoms with Crippen LogP contribution in [0.3, 0.4) is 0 Å². The van der Waals surface area contributed by atoms with Gasteiger partial charge in [0.1, 0.15) is 5.76 Å². The van der Waals surface area contributed by atoms with Crippen LogP contribution in [0.25, 0.3) is 22.6 Å². The fourth-order valence-corrected chi connectivity index (χ4v) is 1.86. The van der Waals surface area contributed by atoms with E-state index >= 15 is 0 Å². The monoisotopic (exact) mass is 241 g/mol. The van der Waals surface area contributed by atoms with Crippen molar-refractivity contribution in [2.45, 2.75) is 6.92 Å². The third-order valence-corrected chi connectivity index (χ3v) is 2.74. The van der Waals surface area contributed by atoms with Gasteiger partial charge in [-0.3, -0.25) is 4.98 Å². The average molecular weight is 241 g/mol. The number of anilines is 1. The Labute approximate surface area is 103 Å². The highest BCUT2D eigenvalue weighted by Crippen LogP contribution is 2.37. The van der Waals surface area contributed by atoms with Gasteiger partial charge in [0.2, 0.25) is 0 Å². The molecule has 0 aliphatic heterocycles. The SMILES string of the molecule is Cc1occc1-c1onc(N)c1-c1ccccn1. The van der Waals surface area contributed by atoms with E-state index in [9.17, 15) is 0 Å². The molecule has 5 heteroatoms. The molecule has 0 saturated carbocycles. The molecule has 0 unspecified atom stereocenters. The van der Waals surface area contributed by atoms with Gasteiger partial charge < -0.3 is 14.7 Å². The van der Waals surface area contributed by atoms with Gasteiger partial charge in [-0.05, 0) is 25.1 Å². The highest BCUT2D eigenvalue weighted by molar-refractivity contribution is 5.85. The van der Waals surface area contributed by atoms with Crippen molar-refractivity contribution in [1.82, 2.24) is 10.1 Å². The summed E-state index contributed by atoms with van der Waals surface area (Å²) in [5, 5.41) is 3.81. The van der Waals surface area contributed by atoms with Gasteiger partial charge in [0.15, 0.2) is 11.6 Å². The molecular formula is C13H11N3O2. The van der Waals surface area contributed by atoms with E-state index in [0.29, 0.717) is 17.1 Å². The molecule has 0 saturated heterocycles. The van der Waals surface area contributed by atoms with Crippen LogP contribution in [0.2, 0.25) is 0 Å².